The van der Waals surface area contributed by atoms with Crippen LogP contribution < -0.4 is 0 Å². The molecule has 0 amide bonds. The van der Waals surface area contributed by atoms with Crippen LogP contribution >= 0.6 is 0 Å². The predicted molar refractivity (Wildman–Crippen MR) is 117 cm³/mol. The lowest BCUT2D eigenvalue weighted by Gasteiger charge is -2.29. The Morgan fingerprint density at radius 1 is 0.593 bits per heavy atom. The molecule has 0 radical (unpaired) electrons. The highest BCUT2D eigenvalue weighted by atomic mass is 32.2. The lowest BCUT2D eigenvalue weighted by atomic mass is 10.1. The van der Waals surface area contributed by atoms with Gasteiger partial charge >= 0.3 is 0 Å². The largest absolute Gasteiger partial charge is 0.329 e. The van der Waals surface area contributed by atoms with E-state index in [9.17, 15) is 8.42 Å². The second-order valence-electron chi connectivity index (χ2n) is 9.53. The summed E-state index contributed by atoms with van der Waals surface area (Å²) in [7, 11) is 5.11. The maximum absolute atomic E-state index is 10.8. The van der Waals surface area contributed by atoms with Gasteiger partial charge in [0.05, 0.1) is 60.1 Å². The molecule has 0 aromatic heterocycles. The first-order valence-corrected chi connectivity index (χ1v) is 12.7. The van der Waals surface area contributed by atoms with Crippen molar-refractivity contribution in [3.63, 3.8) is 0 Å². The van der Waals surface area contributed by atoms with Gasteiger partial charge in [-0.25, -0.2) is 0 Å². The van der Waals surface area contributed by atoms with E-state index in [0.29, 0.717) is 6.42 Å². The molecule has 0 fully saturated rings. The number of hydrogen-bond acceptors (Lipinski definition) is 2. The van der Waals surface area contributed by atoms with Gasteiger partial charge in [-0.2, -0.15) is 8.42 Å². The van der Waals surface area contributed by atoms with Crippen molar-refractivity contribution in [1.29, 1.82) is 0 Å². The molecular formula is C21H48N2O3S+2. The van der Waals surface area contributed by atoms with Gasteiger partial charge in [0.1, 0.15) is 0 Å². The first-order chi connectivity index (χ1) is 12.5. The zero-order valence-corrected chi connectivity index (χ0v) is 19.7. The van der Waals surface area contributed by atoms with Crippen molar-refractivity contribution in [1.82, 2.24) is 0 Å². The Morgan fingerprint density at radius 2 is 0.926 bits per heavy atom. The highest BCUT2D eigenvalue weighted by molar-refractivity contribution is 7.85. The van der Waals surface area contributed by atoms with Crippen molar-refractivity contribution >= 4 is 10.1 Å². The van der Waals surface area contributed by atoms with Crippen LogP contribution in [0.5, 0.6) is 0 Å². The van der Waals surface area contributed by atoms with Crippen LogP contribution in [0.4, 0.5) is 0 Å². The lowest BCUT2D eigenvalue weighted by Crippen LogP contribution is -2.41. The second kappa shape index (κ2) is 13.9. The highest BCUT2D eigenvalue weighted by Crippen LogP contribution is 2.13. The zero-order valence-electron chi connectivity index (χ0n) is 18.9. The summed E-state index contributed by atoms with van der Waals surface area (Å²) >= 11 is 0. The minimum atomic E-state index is -3.81. The van der Waals surface area contributed by atoms with Gasteiger partial charge in [-0.1, -0.05) is 38.5 Å². The molecule has 164 valence electrons. The summed E-state index contributed by atoms with van der Waals surface area (Å²) in [4.78, 5) is 0. The van der Waals surface area contributed by atoms with Crippen LogP contribution in [0.2, 0.25) is 0 Å². The molecule has 0 rings (SSSR count). The molecule has 0 unspecified atom stereocenters. The molecule has 0 saturated carbocycles. The summed E-state index contributed by atoms with van der Waals surface area (Å²) in [5.74, 6) is -0.121. The Balaban J connectivity index is 3.44. The van der Waals surface area contributed by atoms with Crippen LogP contribution in [0, 0.1) is 0 Å². The van der Waals surface area contributed by atoms with Crippen LogP contribution in [0.3, 0.4) is 0 Å². The molecule has 0 aliphatic heterocycles. The molecule has 0 aromatic carbocycles. The van der Waals surface area contributed by atoms with Gasteiger partial charge in [0.2, 0.25) is 0 Å². The fourth-order valence-corrected chi connectivity index (χ4v) is 3.93. The van der Waals surface area contributed by atoms with E-state index in [0.717, 1.165) is 22.1 Å². The Bertz CT molecular complexity index is 462. The minimum absolute atomic E-state index is 0.121. The molecule has 27 heavy (non-hydrogen) atoms. The van der Waals surface area contributed by atoms with Crippen LogP contribution in [0.25, 0.3) is 0 Å². The van der Waals surface area contributed by atoms with E-state index in [-0.39, 0.29) is 5.75 Å². The molecule has 0 spiro atoms. The number of quaternary nitrogens is 2. The number of nitrogens with zero attached hydrogens (tertiary/aromatic N) is 2. The fraction of sp³-hybridized carbons (Fsp3) is 1.00. The topological polar surface area (TPSA) is 54.4 Å². The average molecular weight is 409 g/mol. The number of rotatable bonds is 18. The summed E-state index contributed by atoms with van der Waals surface area (Å²) in [5, 5.41) is 0. The van der Waals surface area contributed by atoms with Crippen LogP contribution in [-0.2, 0) is 10.1 Å². The maximum atomic E-state index is 10.8. The monoisotopic (exact) mass is 408 g/mol. The summed E-state index contributed by atoms with van der Waals surface area (Å²) in [6.45, 7) is 6.68. The van der Waals surface area contributed by atoms with Gasteiger partial charge in [-0.3, -0.25) is 4.55 Å². The third kappa shape index (κ3) is 18.9. The molecule has 0 aromatic rings. The van der Waals surface area contributed by atoms with Crippen molar-refractivity contribution in [2.24, 2.45) is 0 Å². The van der Waals surface area contributed by atoms with Gasteiger partial charge < -0.3 is 8.97 Å². The summed E-state index contributed by atoms with van der Waals surface area (Å²) < 4.78 is 32.3. The van der Waals surface area contributed by atoms with Crippen LogP contribution in [0.15, 0.2) is 0 Å². The molecular weight excluding hydrogens is 360 g/mol. The van der Waals surface area contributed by atoms with E-state index in [1.807, 2.05) is 0 Å². The fourth-order valence-electron chi connectivity index (χ4n) is 3.44. The van der Waals surface area contributed by atoms with E-state index in [1.165, 1.54) is 77.3 Å². The third-order valence-corrected chi connectivity index (χ3v) is 6.60. The SMILES string of the molecule is CC[N+](C)(C)CCCCCCCCCCCC[N+](C)(C)CCCS(=O)(=O)O. The van der Waals surface area contributed by atoms with Crippen molar-refractivity contribution in [2.45, 2.75) is 77.6 Å². The van der Waals surface area contributed by atoms with Gasteiger partial charge in [-0.05, 0) is 32.6 Å². The van der Waals surface area contributed by atoms with E-state index in [4.69, 9.17) is 4.55 Å². The zero-order chi connectivity index (χ0) is 20.8. The van der Waals surface area contributed by atoms with Crippen molar-refractivity contribution in [3.8, 4) is 0 Å². The lowest BCUT2D eigenvalue weighted by molar-refractivity contribution is -0.890. The molecule has 1 N–H and O–H groups in total. The molecule has 6 heteroatoms. The predicted octanol–water partition coefficient (Wildman–Crippen LogP) is 4.34. The van der Waals surface area contributed by atoms with Gasteiger partial charge in [0, 0.05) is 6.42 Å². The van der Waals surface area contributed by atoms with E-state index >= 15 is 0 Å². The average Bonchev–Trinajstić information content (AvgIpc) is 2.54. The normalized spacial score (nSPS) is 13.3. The van der Waals surface area contributed by atoms with Gasteiger partial charge in [0.15, 0.2) is 0 Å². The van der Waals surface area contributed by atoms with E-state index in [2.05, 4.69) is 35.1 Å². The summed E-state index contributed by atoms with van der Waals surface area (Å²) in [6.07, 6.45) is 13.9. The Kier molecular flexibility index (Phi) is 13.8. The van der Waals surface area contributed by atoms with Gasteiger partial charge in [-0.15, -0.1) is 0 Å². The molecule has 0 atom stereocenters. The Morgan fingerprint density at radius 3 is 1.30 bits per heavy atom. The molecule has 0 aliphatic rings. The minimum Gasteiger partial charge on any atom is -0.329 e. The molecule has 0 heterocycles. The second-order valence-corrected chi connectivity index (χ2v) is 11.1. The van der Waals surface area contributed by atoms with Crippen LogP contribution in [-0.4, -0.2) is 82.1 Å². The number of hydrogen-bond donors (Lipinski definition) is 1. The first kappa shape index (κ1) is 26.8. The molecule has 0 saturated heterocycles. The van der Waals surface area contributed by atoms with Crippen molar-refractivity contribution < 1.29 is 21.9 Å². The van der Waals surface area contributed by atoms with Gasteiger partial charge in [0.25, 0.3) is 10.1 Å². The quantitative estimate of drug-likeness (QED) is 0.208. The standard InChI is InChI=1S/C21H47N2O3S/c1-6-22(2,3)18-15-13-11-9-7-8-10-12-14-16-19-23(4,5)20-17-21-27(24,25)26/h6-21H2,1-5H3/q+1/p+1. The van der Waals surface area contributed by atoms with E-state index < -0.39 is 10.1 Å². The number of unbranched alkanes of at least 4 members (excludes halogenated alkanes) is 9. The Hall–Kier alpha value is -0.170. The van der Waals surface area contributed by atoms with Crippen LogP contribution in [0.1, 0.15) is 77.6 Å². The van der Waals surface area contributed by atoms with E-state index in [1.54, 1.807) is 0 Å². The molecule has 0 aliphatic carbocycles. The molecule has 5 nitrogen and oxygen atoms in total. The first-order valence-electron chi connectivity index (χ1n) is 11.1. The third-order valence-electron chi connectivity index (χ3n) is 5.80. The highest BCUT2D eigenvalue weighted by Gasteiger charge is 2.16. The summed E-state index contributed by atoms with van der Waals surface area (Å²) in [6, 6.07) is 0. The summed E-state index contributed by atoms with van der Waals surface area (Å²) in [5.41, 5.74) is 0. The smallest absolute Gasteiger partial charge is 0.265 e. The maximum Gasteiger partial charge on any atom is 0.265 e. The van der Waals surface area contributed by atoms with Crippen molar-refractivity contribution in [3.05, 3.63) is 0 Å². The molecule has 0 bridgehead atoms. The van der Waals surface area contributed by atoms with Crippen molar-refractivity contribution in [2.75, 3.05) is 60.1 Å². The Labute approximate surface area is 170 Å².